The van der Waals surface area contributed by atoms with E-state index in [0.717, 1.165) is 5.56 Å². The van der Waals surface area contributed by atoms with Crippen molar-refractivity contribution in [2.24, 2.45) is 0 Å². The Kier molecular flexibility index (Phi) is 3.59. The van der Waals surface area contributed by atoms with Crippen molar-refractivity contribution in [3.05, 3.63) is 66.1 Å². The van der Waals surface area contributed by atoms with Crippen LogP contribution in [0.1, 0.15) is 15.9 Å². The first kappa shape index (κ1) is 14.3. The van der Waals surface area contributed by atoms with E-state index in [0.29, 0.717) is 29.4 Å². The Morgan fingerprint density at radius 2 is 2.17 bits per heavy atom. The summed E-state index contributed by atoms with van der Waals surface area (Å²) >= 11 is 0. The van der Waals surface area contributed by atoms with Crippen LogP contribution in [0, 0.1) is 0 Å². The monoisotopic (exact) mass is 322 g/mol. The first-order valence-corrected chi connectivity index (χ1v) is 7.43. The topological polar surface area (TPSA) is 78.3 Å². The van der Waals surface area contributed by atoms with Crippen molar-refractivity contribution in [3.8, 4) is 17.3 Å². The molecule has 0 atom stereocenters. The number of hydrogen-bond donors (Lipinski definition) is 1. The van der Waals surface area contributed by atoms with Crippen molar-refractivity contribution in [3.63, 3.8) is 0 Å². The van der Waals surface area contributed by atoms with Gasteiger partial charge in [0.25, 0.3) is 5.91 Å². The number of carbonyl (C=O) groups is 1. The molecule has 0 unspecified atom stereocenters. The lowest BCUT2D eigenvalue weighted by molar-refractivity contribution is 0.0950. The SMILES string of the molecule is O=C(NCc1cccc2c1OCO2)c1ccc(-n2cccn2)nc1. The largest absolute Gasteiger partial charge is 0.454 e. The van der Waals surface area contributed by atoms with Gasteiger partial charge < -0.3 is 14.8 Å². The summed E-state index contributed by atoms with van der Waals surface area (Å²) in [4.78, 5) is 16.5. The number of nitrogens with one attached hydrogen (secondary N) is 1. The molecule has 0 saturated heterocycles. The minimum atomic E-state index is -0.203. The lowest BCUT2D eigenvalue weighted by Gasteiger charge is -2.08. The van der Waals surface area contributed by atoms with E-state index in [1.54, 1.807) is 29.2 Å². The maximum atomic E-state index is 12.3. The second-order valence-electron chi connectivity index (χ2n) is 5.19. The van der Waals surface area contributed by atoms with Gasteiger partial charge in [0.15, 0.2) is 17.3 Å². The Morgan fingerprint density at radius 3 is 2.96 bits per heavy atom. The van der Waals surface area contributed by atoms with Crippen molar-refractivity contribution in [1.82, 2.24) is 20.1 Å². The molecule has 0 radical (unpaired) electrons. The number of rotatable bonds is 4. The standard InChI is InChI=1S/C17H14N4O3/c22-17(13-5-6-15(18-10-13)21-8-2-7-20-21)19-9-12-3-1-4-14-16(12)24-11-23-14/h1-8,10H,9,11H2,(H,19,22). The molecule has 1 N–H and O–H groups in total. The fourth-order valence-corrected chi connectivity index (χ4v) is 2.47. The maximum absolute atomic E-state index is 12.3. The highest BCUT2D eigenvalue weighted by molar-refractivity contribution is 5.93. The zero-order valence-corrected chi connectivity index (χ0v) is 12.7. The third kappa shape index (κ3) is 2.67. The molecule has 0 fully saturated rings. The molecule has 120 valence electrons. The van der Waals surface area contributed by atoms with E-state index in [9.17, 15) is 4.79 Å². The van der Waals surface area contributed by atoms with E-state index >= 15 is 0 Å². The Morgan fingerprint density at radius 1 is 1.21 bits per heavy atom. The fourth-order valence-electron chi connectivity index (χ4n) is 2.47. The van der Waals surface area contributed by atoms with E-state index in [-0.39, 0.29) is 12.7 Å². The number of benzene rings is 1. The molecule has 4 rings (SSSR count). The summed E-state index contributed by atoms with van der Waals surface area (Å²) in [5.41, 5.74) is 1.36. The molecule has 0 bridgehead atoms. The predicted octanol–water partition coefficient (Wildman–Crippen LogP) is 1.93. The summed E-state index contributed by atoms with van der Waals surface area (Å²) in [6, 6.07) is 10.9. The quantitative estimate of drug-likeness (QED) is 0.794. The van der Waals surface area contributed by atoms with Crippen molar-refractivity contribution >= 4 is 5.91 Å². The zero-order valence-electron chi connectivity index (χ0n) is 12.7. The first-order chi connectivity index (χ1) is 11.8. The Balaban J connectivity index is 1.44. The van der Waals surface area contributed by atoms with Crippen LogP contribution in [0.5, 0.6) is 11.5 Å². The molecule has 1 aliphatic heterocycles. The third-order valence-corrected chi connectivity index (χ3v) is 3.67. The van der Waals surface area contributed by atoms with Gasteiger partial charge in [-0.25, -0.2) is 9.67 Å². The molecule has 3 heterocycles. The van der Waals surface area contributed by atoms with Crippen molar-refractivity contribution in [1.29, 1.82) is 0 Å². The second kappa shape index (κ2) is 6.04. The van der Waals surface area contributed by atoms with Crippen LogP contribution in [-0.4, -0.2) is 27.5 Å². The summed E-state index contributed by atoms with van der Waals surface area (Å²) in [5.74, 6) is 1.84. The number of nitrogens with zero attached hydrogens (tertiary/aromatic N) is 3. The van der Waals surface area contributed by atoms with Crippen molar-refractivity contribution in [2.45, 2.75) is 6.54 Å². The van der Waals surface area contributed by atoms with E-state index in [2.05, 4.69) is 15.4 Å². The van der Waals surface area contributed by atoms with Gasteiger partial charge in [0.2, 0.25) is 6.79 Å². The highest BCUT2D eigenvalue weighted by Gasteiger charge is 2.17. The maximum Gasteiger partial charge on any atom is 0.253 e. The van der Waals surface area contributed by atoms with Crippen LogP contribution in [0.15, 0.2) is 55.0 Å². The number of carbonyl (C=O) groups excluding carboxylic acids is 1. The summed E-state index contributed by atoms with van der Waals surface area (Å²) < 4.78 is 12.4. The molecular weight excluding hydrogens is 308 g/mol. The lowest BCUT2D eigenvalue weighted by atomic mass is 10.2. The molecule has 1 aliphatic rings. The number of pyridine rings is 1. The predicted molar refractivity (Wildman–Crippen MR) is 85.1 cm³/mol. The number of ether oxygens (including phenoxy) is 2. The molecule has 24 heavy (non-hydrogen) atoms. The average molecular weight is 322 g/mol. The average Bonchev–Trinajstić information content (AvgIpc) is 3.31. The first-order valence-electron chi connectivity index (χ1n) is 7.43. The van der Waals surface area contributed by atoms with Crippen LogP contribution in [-0.2, 0) is 6.54 Å². The van der Waals surface area contributed by atoms with Crippen LogP contribution in [0.3, 0.4) is 0 Å². The summed E-state index contributed by atoms with van der Waals surface area (Å²) in [6.07, 6.45) is 4.99. The smallest absolute Gasteiger partial charge is 0.253 e. The zero-order chi connectivity index (χ0) is 16.4. The van der Waals surface area contributed by atoms with E-state index in [4.69, 9.17) is 9.47 Å². The van der Waals surface area contributed by atoms with Gasteiger partial charge in [-0.2, -0.15) is 5.10 Å². The van der Waals surface area contributed by atoms with Crippen LogP contribution in [0.4, 0.5) is 0 Å². The fraction of sp³-hybridized carbons (Fsp3) is 0.118. The van der Waals surface area contributed by atoms with Gasteiger partial charge in [-0.1, -0.05) is 12.1 Å². The third-order valence-electron chi connectivity index (χ3n) is 3.67. The van der Waals surface area contributed by atoms with Gasteiger partial charge in [-0.15, -0.1) is 0 Å². The van der Waals surface area contributed by atoms with Crippen LogP contribution < -0.4 is 14.8 Å². The molecule has 0 saturated carbocycles. The summed E-state index contributed by atoms with van der Waals surface area (Å²) in [6.45, 7) is 0.561. The summed E-state index contributed by atoms with van der Waals surface area (Å²) in [7, 11) is 0. The van der Waals surface area contributed by atoms with Gasteiger partial charge in [0, 0.05) is 30.7 Å². The van der Waals surface area contributed by atoms with E-state index in [1.165, 1.54) is 6.20 Å². The highest BCUT2D eigenvalue weighted by atomic mass is 16.7. The molecule has 7 nitrogen and oxygen atoms in total. The number of aromatic nitrogens is 3. The number of fused-ring (bicyclic) bond motifs is 1. The van der Waals surface area contributed by atoms with Crippen molar-refractivity contribution in [2.75, 3.05) is 6.79 Å². The molecule has 1 aromatic carbocycles. The summed E-state index contributed by atoms with van der Waals surface area (Å²) in [5, 5.41) is 6.96. The normalized spacial score (nSPS) is 12.2. The van der Waals surface area contributed by atoms with Crippen molar-refractivity contribution < 1.29 is 14.3 Å². The molecule has 1 amide bonds. The molecule has 3 aromatic rings. The Labute approximate surface area is 137 Å². The van der Waals surface area contributed by atoms with E-state index in [1.807, 2.05) is 24.3 Å². The van der Waals surface area contributed by atoms with Crippen LogP contribution in [0.2, 0.25) is 0 Å². The Hall–Kier alpha value is -3.35. The van der Waals surface area contributed by atoms with Gasteiger partial charge >= 0.3 is 0 Å². The Bertz CT molecular complexity index is 860. The number of hydrogen-bond acceptors (Lipinski definition) is 5. The van der Waals surface area contributed by atoms with Crippen LogP contribution in [0.25, 0.3) is 5.82 Å². The minimum absolute atomic E-state index is 0.203. The highest BCUT2D eigenvalue weighted by Crippen LogP contribution is 2.35. The van der Waals surface area contributed by atoms with E-state index < -0.39 is 0 Å². The van der Waals surface area contributed by atoms with Gasteiger partial charge in [-0.05, 0) is 24.3 Å². The van der Waals surface area contributed by atoms with Gasteiger partial charge in [0.1, 0.15) is 0 Å². The molecule has 0 spiro atoms. The van der Waals surface area contributed by atoms with Gasteiger partial charge in [0.05, 0.1) is 5.56 Å². The lowest BCUT2D eigenvalue weighted by Crippen LogP contribution is -2.23. The van der Waals surface area contributed by atoms with Crippen LogP contribution >= 0.6 is 0 Å². The molecule has 7 heteroatoms. The second-order valence-corrected chi connectivity index (χ2v) is 5.19. The molecule has 2 aromatic heterocycles. The molecular formula is C17H14N4O3. The molecule has 0 aliphatic carbocycles. The number of amides is 1. The van der Waals surface area contributed by atoms with Gasteiger partial charge in [-0.3, -0.25) is 4.79 Å². The minimum Gasteiger partial charge on any atom is -0.454 e. The number of para-hydroxylation sites is 1.